The van der Waals surface area contributed by atoms with Crippen molar-refractivity contribution in [2.75, 3.05) is 18.1 Å². The van der Waals surface area contributed by atoms with Gasteiger partial charge in [0.1, 0.15) is 18.1 Å². The molecule has 7 nitrogen and oxygen atoms in total. The first-order valence-electron chi connectivity index (χ1n) is 11.3. The fraction of sp³-hybridized carbons (Fsp3) is 0.222. The van der Waals surface area contributed by atoms with Crippen LogP contribution >= 0.6 is 0 Å². The molecule has 3 aromatic rings. The highest BCUT2D eigenvalue weighted by Crippen LogP contribution is 2.27. The van der Waals surface area contributed by atoms with E-state index >= 15 is 0 Å². The minimum absolute atomic E-state index is 0.0865. The Bertz CT molecular complexity index is 1150. The van der Waals surface area contributed by atoms with E-state index in [2.05, 4.69) is 10.5 Å². The molecule has 4 rings (SSSR count). The molecular weight excluding hydrogens is 430 g/mol. The molecule has 0 bridgehead atoms. The second-order valence-electron chi connectivity index (χ2n) is 7.91. The number of hydrogen-bond acceptors (Lipinski definition) is 5. The van der Waals surface area contributed by atoms with Gasteiger partial charge >= 0.3 is 0 Å². The minimum atomic E-state index is -0.461. The van der Waals surface area contributed by atoms with Crippen molar-refractivity contribution >= 4 is 23.7 Å². The molecule has 7 heteroatoms. The number of nitrogens with zero attached hydrogens (tertiary/aromatic N) is 2. The van der Waals surface area contributed by atoms with E-state index in [1.165, 1.54) is 0 Å². The van der Waals surface area contributed by atoms with Crippen molar-refractivity contribution in [2.24, 2.45) is 11.0 Å². The van der Waals surface area contributed by atoms with Crippen molar-refractivity contribution in [2.45, 2.75) is 20.0 Å². The maximum atomic E-state index is 12.6. The summed E-state index contributed by atoms with van der Waals surface area (Å²) >= 11 is 0. The van der Waals surface area contributed by atoms with Crippen molar-refractivity contribution < 1.29 is 19.1 Å². The second kappa shape index (κ2) is 11.1. The zero-order valence-electron chi connectivity index (χ0n) is 19.0. The first-order chi connectivity index (χ1) is 16.6. The quantitative estimate of drug-likeness (QED) is 0.386. The van der Waals surface area contributed by atoms with Crippen molar-refractivity contribution in [1.29, 1.82) is 0 Å². The van der Waals surface area contributed by atoms with Gasteiger partial charge in [0.25, 0.3) is 0 Å². The van der Waals surface area contributed by atoms with Gasteiger partial charge in [-0.3, -0.25) is 9.59 Å². The number of benzene rings is 3. The topological polar surface area (TPSA) is 80.2 Å². The predicted molar refractivity (Wildman–Crippen MR) is 131 cm³/mol. The summed E-state index contributed by atoms with van der Waals surface area (Å²) in [5.41, 5.74) is 5.19. The lowest BCUT2D eigenvalue weighted by Gasteiger charge is -2.17. The fourth-order valence-corrected chi connectivity index (χ4v) is 3.71. The van der Waals surface area contributed by atoms with Crippen LogP contribution in [0.4, 0.5) is 5.69 Å². The van der Waals surface area contributed by atoms with Gasteiger partial charge in [-0.05, 0) is 54.4 Å². The van der Waals surface area contributed by atoms with E-state index in [4.69, 9.17) is 9.47 Å². The number of hydrazone groups is 1. The van der Waals surface area contributed by atoms with Crippen molar-refractivity contribution in [3.05, 3.63) is 90.0 Å². The standard InChI is InChI=1S/C27H27N3O4/c1-2-33-24-13-11-23(12-14-24)30-18-22(16-26(30)31)27(32)29-28-17-21-9-6-10-25(15-21)34-19-20-7-4-3-5-8-20/h3-15,17,22H,2,16,18-19H2,1H3,(H,29,32)/b28-17-/t22-/m1/s1. The molecule has 0 spiro atoms. The highest BCUT2D eigenvalue weighted by atomic mass is 16.5. The monoisotopic (exact) mass is 457 g/mol. The van der Waals surface area contributed by atoms with Gasteiger partial charge in [0, 0.05) is 18.7 Å². The van der Waals surface area contributed by atoms with Crippen LogP contribution in [-0.2, 0) is 16.2 Å². The van der Waals surface area contributed by atoms with Gasteiger partial charge in [-0.15, -0.1) is 0 Å². The van der Waals surface area contributed by atoms with Crippen LogP contribution in [0, 0.1) is 5.92 Å². The molecule has 1 N–H and O–H groups in total. The average molecular weight is 458 g/mol. The Balaban J connectivity index is 1.29. The second-order valence-corrected chi connectivity index (χ2v) is 7.91. The molecule has 0 radical (unpaired) electrons. The molecule has 1 heterocycles. The van der Waals surface area contributed by atoms with Gasteiger partial charge in [0.05, 0.1) is 18.7 Å². The SMILES string of the molecule is CCOc1ccc(N2C[C@H](C(=O)N/N=C\c3cccc(OCc4ccccc4)c3)CC2=O)cc1. The third-order valence-electron chi connectivity index (χ3n) is 5.45. The van der Waals surface area contributed by atoms with E-state index in [0.29, 0.717) is 25.5 Å². The molecule has 0 saturated carbocycles. The van der Waals surface area contributed by atoms with Gasteiger partial charge in [-0.1, -0.05) is 42.5 Å². The van der Waals surface area contributed by atoms with E-state index in [1.807, 2.05) is 85.8 Å². The molecule has 1 atom stereocenters. The molecule has 174 valence electrons. The zero-order chi connectivity index (χ0) is 23.8. The largest absolute Gasteiger partial charge is 0.494 e. The molecule has 0 aliphatic carbocycles. The third kappa shape index (κ3) is 6.01. The van der Waals surface area contributed by atoms with Crippen molar-refractivity contribution in [3.8, 4) is 11.5 Å². The molecule has 1 saturated heterocycles. The molecule has 3 aromatic carbocycles. The van der Waals surface area contributed by atoms with E-state index in [9.17, 15) is 9.59 Å². The first-order valence-corrected chi connectivity index (χ1v) is 11.3. The summed E-state index contributed by atoms with van der Waals surface area (Å²) in [7, 11) is 0. The summed E-state index contributed by atoms with van der Waals surface area (Å²) in [5, 5.41) is 4.07. The normalized spacial score (nSPS) is 15.5. The number of anilines is 1. The lowest BCUT2D eigenvalue weighted by atomic mass is 10.1. The van der Waals surface area contributed by atoms with E-state index in [1.54, 1.807) is 11.1 Å². The first kappa shape index (κ1) is 23.0. The van der Waals surface area contributed by atoms with Crippen LogP contribution in [-0.4, -0.2) is 31.2 Å². The van der Waals surface area contributed by atoms with Crippen molar-refractivity contribution in [1.82, 2.24) is 5.43 Å². The van der Waals surface area contributed by atoms with Gasteiger partial charge in [0.15, 0.2) is 0 Å². The Morgan fingerprint density at radius 3 is 2.59 bits per heavy atom. The summed E-state index contributed by atoms with van der Waals surface area (Å²) < 4.78 is 11.3. The van der Waals surface area contributed by atoms with E-state index in [0.717, 1.165) is 22.6 Å². The van der Waals surface area contributed by atoms with Crippen molar-refractivity contribution in [3.63, 3.8) is 0 Å². The van der Waals surface area contributed by atoms with Crippen LogP contribution in [0.15, 0.2) is 84.0 Å². The maximum Gasteiger partial charge on any atom is 0.245 e. The number of carbonyl (C=O) groups is 2. The fourth-order valence-electron chi connectivity index (χ4n) is 3.71. The van der Waals surface area contributed by atoms with Crippen LogP contribution in [0.1, 0.15) is 24.5 Å². The smallest absolute Gasteiger partial charge is 0.245 e. The van der Waals surface area contributed by atoms with Gasteiger partial charge in [-0.25, -0.2) is 5.43 Å². The van der Waals surface area contributed by atoms with Gasteiger partial charge in [-0.2, -0.15) is 5.10 Å². The van der Waals surface area contributed by atoms with Gasteiger partial charge in [0.2, 0.25) is 11.8 Å². The Labute approximate surface area is 199 Å². The zero-order valence-corrected chi connectivity index (χ0v) is 19.0. The highest BCUT2D eigenvalue weighted by Gasteiger charge is 2.35. The summed E-state index contributed by atoms with van der Waals surface area (Å²) in [5.74, 6) is 0.630. The van der Waals surface area contributed by atoms with Crippen LogP contribution < -0.4 is 19.8 Å². The average Bonchev–Trinajstić information content (AvgIpc) is 3.26. The Kier molecular flexibility index (Phi) is 7.55. The summed E-state index contributed by atoms with van der Waals surface area (Å²) in [6.07, 6.45) is 1.71. The molecule has 1 aliphatic rings. The summed E-state index contributed by atoms with van der Waals surface area (Å²) in [6, 6.07) is 24.7. The molecule has 0 aromatic heterocycles. The predicted octanol–water partition coefficient (Wildman–Crippen LogP) is 4.17. The number of amides is 2. The Hall–Kier alpha value is -4.13. The number of rotatable bonds is 9. The summed E-state index contributed by atoms with van der Waals surface area (Å²) in [6.45, 7) is 3.28. The van der Waals surface area contributed by atoms with Crippen LogP contribution in [0.5, 0.6) is 11.5 Å². The molecule has 0 unspecified atom stereocenters. The van der Waals surface area contributed by atoms with Crippen LogP contribution in [0.2, 0.25) is 0 Å². The molecule has 1 aliphatic heterocycles. The Morgan fingerprint density at radius 2 is 1.82 bits per heavy atom. The minimum Gasteiger partial charge on any atom is -0.494 e. The van der Waals surface area contributed by atoms with E-state index in [-0.39, 0.29) is 18.2 Å². The Morgan fingerprint density at radius 1 is 1.03 bits per heavy atom. The third-order valence-corrected chi connectivity index (χ3v) is 5.45. The molecular formula is C27H27N3O4. The number of hydrogen-bond donors (Lipinski definition) is 1. The number of carbonyl (C=O) groups excluding carboxylic acids is 2. The lowest BCUT2D eigenvalue weighted by Crippen LogP contribution is -2.30. The van der Waals surface area contributed by atoms with Gasteiger partial charge < -0.3 is 14.4 Å². The maximum absolute atomic E-state index is 12.6. The number of nitrogens with one attached hydrogen (secondary N) is 1. The summed E-state index contributed by atoms with van der Waals surface area (Å²) in [4.78, 5) is 26.7. The molecule has 2 amide bonds. The van der Waals surface area contributed by atoms with E-state index < -0.39 is 5.92 Å². The number of ether oxygens (including phenoxy) is 2. The molecule has 1 fully saturated rings. The molecule has 34 heavy (non-hydrogen) atoms. The highest BCUT2D eigenvalue weighted by molar-refractivity contribution is 6.00. The van der Waals surface area contributed by atoms with Crippen LogP contribution in [0.25, 0.3) is 0 Å². The lowest BCUT2D eigenvalue weighted by molar-refractivity contribution is -0.126. The van der Waals surface area contributed by atoms with Crippen LogP contribution in [0.3, 0.4) is 0 Å².